The van der Waals surface area contributed by atoms with E-state index >= 15 is 0 Å². The van der Waals surface area contributed by atoms with E-state index in [-0.39, 0.29) is 11.7 Å². The number of benzene rings is 2. The van der Waals surface area contributed by atoms with Crippen molar-refractivity contribution in [3.05, 3.63) is 59.1 Å². The molecule has 116 valence electrons. The molecular formula is C15H15ClN2O3S. The van der Waals surface area contributed by atoms with Crippen LogP contribution in [0.3, 0.4) is 0 Å². The highest BCUT2D eigenvalue weighted by molar-refractivity contribution is 7.92. The molecule has 5 nitrogen and oxygen atoms in total. The maximum absolute atomic E-state index is 12.0. The average Bonchev–Trinajstić information content (AvgIpc) is 2.49. The third-order valence-electron chi connectivity index (χ3n) is 2.88. The summed E-state index contributed by atoms with van der Waals surface area (Å²) < 4.78 is 25.3. The molecule has 0 aromatic heterocycles. The standard InChI is InChI=1S/C15H15ClN2O3S/c1-2-22(20,21)18-14-8-6-13(7-9-14)17-15(19)11-4-3-5-12(16)10-11/h3-10,18H,2H2,1H3,(H,17,19). The van der Waals surface area contributed by atoms with Crippen molar-refractivity contribution >= 4 is 38.9 Å². The number of carbonyl (C=O) groups is 1. The van der Waals surface area contributed by atoms with E-state index in [4.69, 9.17) is 11.6 Å². The lowest BCUT2D eigenvalue weighted by atomic mass is 10.2. The van der Waals surface area contributed by atoms with E-state index < -0.39 is 10.0 Å². The van der Waals surface area contributed by atoms with Gasteiger partial charge in [-0.1, -0.05) is 17.7 Å². The van der Waals surface area contributed by atoms with Gasteiger partial charge in [0, 0.05) is 22.0 Å². The molecule has 0 aliphatic carbocycles. The molecule has 2 N–H and O–H groups in total. The molecule has 0 saturated carbocycles. The third-order valence-corrected chi connectivity index (χ3v) is 4.42. The van der Waals surface area contributed by atoms with Gasteiger partial charge in [0.2, 0.25) is 10.0 Å². The van der Waals surface area contributed by atoms with Gasteiger partial charge in [0.15, 0.2) is 0 Å². The first-order valence-electron chi connectivity index (χ1n) is 6.57. The van der Waals surface area contributed by atoms with Crippen LogP contribution in [0.15, 0.2) is 48.5 Å². The molecule has 22 heavy (non-hydrogen) atoms. The number of nitrogens with one attached hydrogen (secondary N) is 2. The molecule has 0 unspecified atom stereocenters. The van der Waals surface area contributed by atoms with Crippen LogP contribution in [0, 0.1) is 0 Å². The summed E-state index contributed by atoms with van der Waals surface area (Å²) in [5.74, 6) is -0.287. The molecule has 0 radical (unpaired) electrons. The Labute approximate surface area is 134 Å². The maximum Gasteiger partial charge on any atom is 0.255 e. The lowest BCUT2D eigenvalue weighted by Crippen LogP contribution is -2.15. The number of anilines is 2. The fourth-order valence-corrected chi connectivity index (χ4v) is 2.54. The van der Waals surface area contributed by atoms with Gasteiger partial charge in [0.25, 0.3) is 5.91 Å². The summed E-state index contributed by atoms with van der Waals surface area (Å²) in [6, 6.07) is 13.0. The second-order valence-electron chi connectivity index (χ2n) is 4.55. The maximum atomic E-state index is 12.0. The molecule has 0 aliphatic heterocycles. The zero-order valence-corrected chi connectivity index (χ0v) is 13.4. The number of hydrogen-bond acceptors (Lipinski definition) is 3. The zero-order valence-electron chi connectivity index (χ0n) is 11.8. The Bertz CT molecular complexity index is 774. The fourth-order valence-electron chi connectivity index (χ4n) is 1.71. The van der Waals surface area contributed by atoms with Crippen LogP contribution in [0.2, 0.25) is 5.02 Å². The predicted molar refractivity (Wildman–Crippen MR) is 88.9 cm³/mol. The quantitative estimate of drug-likeness (QED) is 0.877. The van der Waals surface area contributed by atoms with E-state index in [9.17, 15) is 13.2 Å². The Hall–Kier alpha value is -2.05. The van der Waals surface area contributed by atoms with Crippen LogP contribution >= 0.6 is 11.6 Å². The van der Waals surface area contributed by atoms with E-state index in [1.807, 2.05) is 0 Å². The van der Waals surface area contributed by atoms with Crippen LogP contribution in [0.5, 0.6) is 0 Å². The molecule has 0 heterocycles. The molecule has 0 aliphatic rings. The summed E-state index contributed by atoms with van der Waals surface area (Å²) in [4.78, 5) is 12.0. The fraction of sp³-hybridized carbons (Fsp3) is 0.133. The first-order valence-corrected chi connectivity index (χ1v) is 8.60. The molecule has 2 aromatic rings. The van der Waals surface area contributed by atoms with Crippen molar-refractivity contribution in [1.29, 1.82) is 0 Å². The highest BCUT2D eigenvalue weighted by Crippen LogP contribution is 2.17. The van der Waals surface area contributed by atoms with Gasteiger partial charge in [-0.05, 0) is 49.4 Å². The van der Waals surface area contributed by atoms with Gasteiger partial charge in [0.05, 0.1) is 5.75 Å². The molecule has 0 bridgehead atoms. The highest BCUT2D eigenvalue weighted by Gasteiger charge is 2.08. The summed E-state index contributed by atoms with van der Waals surface area (Å²) in [5.41, 5.74) is 1.45. The van der Waals surface area contributed by atoms with Crippen molar-refractivity contribution in [2.24, 2.45) is 0 Å². The number of hydrogen-bond donors (Lipinski definition) is 2. The summed E-state index contributed by atoms with van der Waals surface area (Å²) >= 11 is 5.84. The number of carbonyl (C=O) groups excluding carboxylic acids is 1. The molecule has 0 atom stereocenters. The monoisotopic (exact) mass is 338 g/mol. The lowest BCUT2D eigenvalue weighted by molar-refractivity contribution is 0.102. The van der Waals surface area contributed by atoms with Gasteiger partial charge in [0.1, 0.15) is 0 Å². The van der Waals surface area contributed by atoms with E-state index in [0.717, 1.165) is 0 Å². The second kappa shape index (κ2) is 6.81. The van der Waals surface area contributed by atoms with E-state index in [1.165, 1.54) is 0 Å². The van der Waals surface area contributed by atoms with E-state index in [1.54, 1.807) is 55.5 Å². The van der Waals surface area contributed by atoms with Crippen molar-refractivity contribution in [1.82, 2.24) is 0 Å². The normalized spacial score (nSPS) is 11.0. The Morgan fingerprint density at radius 3 is 2.32 bits per heavy atom. The van der Waals surface area contributed by atoms with Gasteiger partial charge in [-0.25, -0.2) is 8.42 Å². The Kier molecular flexibility index (Phi) is 5.05. The average molecular weight is 339 g/mol. The molecular weight excluding hydrogens is 324 g/mol. The number of rotatable bonds is 5. The van der Waals surface area contributed by atoms with Crippen LogP contribution in [-0.4, -0.2) is 20.1 Å². The molecule has 0 fully saturated rings. The number of amides is 1. The third kappa shape index (κ3) is 4.47. The molecule has 2 rings (SSSR count). The molecule has 7 heteroatoms. The smallest absolute Gasteiger partial charge is 0.255 e. The van der Waals surface area contributed by atoms with Crippen LogP contribution in [0.25, 0.3) is 0 Å². The molecule has 2 aromatic carbocycles. The van der Waals surface area contributed by atoms with Gasteiger partial charge >= 0.3 is 0 Å². The van der Waals surface area contributed by atoms with E-state index in [0.29, 0.717) is 22.0 Å². The number of sulfonamides is 1. The first-order chi connectivity index (χ1) is 10.4. The second-order valence-corrected chi connectivity index (χ2v) is 6.99. The lowest BCUT2D eigenvalue weighted by Gasteiger charge is -2.08. The van der Waals surface area contributed by atoms with Gasteiger partial charge in [-0.2, -0.15) is 0 Å². The molecule has 0 spiro atoms. The van der Waals surface area contributed by atoms with Crippen LogP contribution in [0.4, 0.5) is 11.4 Å². The Balaban J connectivity index is 2.07. The molecule has 1 amide bonds. The first kappa shape index (κ1) is 16.3. The largest absolute Gasteiger partial charge is 0.322 e. The van der Waals surface area contributed by atoms with Crippen molar-refractivity contribution in [3.63, 3.8) is 0 Å². The van der Waals surface area contributed by atoms with Crippen molar-refractivity contribution in [2.75, 3.05) is 15.8 Å². The van der Waals surface area contributed by atoms with Crippen molar-refractivity contribution in [2.45, 2.75) is 6.92 Å². The minimum absolute atomic E-state index is 0.000252. The van der Waals surface area contributed by atoms with Crippen LogP contribution in [0.1, 0.15) is 17.3 Å². The van der Waals surface area contributed by atoms with Crippen LogP contribution < -0.4 is 10.0 Å². The minimum Gasteiger partial charge on any atom is -0.322 e. The van der Waals surface area contributed by atoms with Gasteiger partial charge < -0.3 is 5.32 Å². The van der Waals surface area contributed by atoms with Gasteiger partial charge in [-0.3, -0.25) is 9.52 Å². The Morgan fingerprint density at radius 2 is 1.73 bits per heavy atom. The molecule has 0 saturated heterocycles. The summed E-state index contributed by atoms with van der Waals surface area (Å²) in [6.07, 6.45) is 0. The summed E-state index contributed by atoms with van der Waals surface area (Å²) in [5, 5.41) is 3.20. The van der Waals surface area contributed by atoms with Crippen LogP contribution in [-0.2, 0) is 10.0 Å². The topological polar surface area (TPSA) is 75.3 Å². The minimum atomic E-state index is -3.31. The Morgan fingerprint density at radius 1 is 1.09 bits per heavy atom. The van der Waals surface area contributed by atoms with E-state index in [2.05, 4.69) is 10.0 Å². The van der Waals surface area contributed by atoms with Crippen molar-refractivity contribution < 1.29 is 13.2 Å². The van der Waals surface area contributed by atoms with Crippen molar-refractivity contribution in [3.8, 4) is 0 Å². The highest BCUT2D eigenvalue weighted by atomic mass is 35.5. The zero-order chi connectivity index (χ0) is 16.2. The SMILES string of the molecule is CCS(=O)(=O)Nc1ccc(NC(=O)c2cccc(Cl)c2)cc1. The summed E-state index contributed by atoms with van der Waals surface area (Å²) in [6.45, 7) is 1.56. The predicted octanol–water partition coefficient (Wildman–Crippen LogP) is 3.35. The van der Waals surface area contributed by atoms with Gasteiger partial charge in [-0.15, -0.1) is 0 Å². The number of halogens is 1. The summed E-state index contributed by atoms with van der Waals surface area (Å²) in [7, 11) is -3.31.